The topological polar surface area (TPSA) is 54.6 Å². The standard InChI is InChI=1S/C19H21ClN2O2S/c1-3-13-8-9-15-19(16-10-11-17(20)25-16)14(12(2)21-22(13)15)6-4-5-7-18(23)24/h8-11H,3-7H2,1-2H3,(H,23,24). The van der Waals surface area contributed by atoms with Gasteiger partial charge in [0.05, 0.1) is 15.5 Å². The Hall–Kier alpha value is -1.85. The predicted octanol–water partition coefficient (Wildman–Crippen LogP) is 5.38. The van der Waals surface area contributed by atoms with Crippen LogP contribution in [0.3, 0.4) is 0 Å². The molecule has 25 heavy (non-hydrogen) atoms. The molecule has 0 saturated heterocycles. The number of fused-ring (bicyclic) bond motifs is 1. The molecule has 0 bridgehead atoms. The quantitative estimate of drug-likeness (QED) is 0.563. The molecule has 0 amide bonds. The van der Waals surface area contributed by atoms with Crippen LogP contribution in [0.25, 0.3) is 16.0 Å². The van der Waals surface area contributed by atoms with Crippen molar-refractivity contribution in [2.24, 2.45) is 0 Å². The Morgan fingerprint density at radius 2 is 2.08 bits per heavy atom. The zero-order valence-electron chi connectivity index (χ0n) is 14.4. The number of aryl methyl sites for hydroxylation is 2. The molecule has 0 radical (unpaired) electrons. The average molecular weight is 377 g/mol. The van der Waals surface area contributed by atoms with Gasteiger partial charge in [-0.15, -0.1) is 11.3 Å². The Bertz CT molecular complexity index is 914. The van der Waals surface area contributed by atoms with E-state index < -0.39 is 5.97 Å². The second kappa shape index (κ2) is 7.58. The van der Waals surface area contributed by atoms with Crippen molar-refractivity contribution < 1.29 is 9.90 Å². The van der Waals surface area contributed by atoms with E-state index in [1.165, 1.54) is 16.8 Å². The highest BCUT2D eigenvalue weighted by atomic mass is 35.5. The van der Waals surface area contributed by atoms with Crippen LogP contribution in [-0.4, -0.2) is 20.7 Å². The molecular weight excluding hydrogens is 356 g/mol. The van der Waals surface area contributed by atoms with Gasteiger partial charge in [0.15, 0.2) is 0 Å². The van der Waals surface area contributed by atoms with Crippen molar-refractivity contribution in [1.82, 2.24) is 9.61 Å². The van der Waals surface area contributed by atoms with Gasteiger partial charge in [-0.05, 0) is 62.4 Å². The molecule has 0 aliphatic carbocycles. The van der Waals surface area contributed by atoms with Crippen molar-refractivity contribution in [2.45, 2.75) is 46.0 Å². The molecule has 0 unspecified atom stereocenters. The molecule has 3 aromatic heterocycles. The van der Waals surface area contributed by atoms with Crippen molar-refractivity contribution in [2.75, 3.05) is 0 Å². The number of hydrogen-bond acceptors (Lipinski definition) is 3. The summed E-state index contributed by atoms with van der Waals surface area (Å²) in [5, 5.41) is 13.6. The van der Waals surface area contributed by atoms with E-state index in [4.69, 9.17) is 21.8 Å². The summed E-state index contributed by atoms with van der Waals surface area (Å²) in [6, 6.07) is 8.22. The van der Waals surface area contributed by atoms with Crippen LogP contribution >= 0.6 is 22.9 Å². The molecule has 132 valence electrons. The molecule has 0 aliphatic heterocycles. The van der Waals surface area contributed by atoms with Crippen LogP contribution in [-0.2, 0) is 17.6 Å². The van der Waals surface area contributed by atoms with Crippen LogP contribution < -0.4 is 0 Å². The lowest BCUT2D eigenvalue weighted by molar-refractivity contribution is -0.137. The van der Waals surface area contributed by atoms with Gasteiger partial charge in [0.25, 0.3) is 0 Å². The van der Waals surface area contributed by atoms with E-state index in [0.29, 0.717) is 6.42 Å². The highest BCUT2D eigenvalue weighted by Gasteiger charge is 2.18. The first-order chi connectivity index (χ1) is 12.0. The SMILES string of the molecule is CCc1ccc2c(-c3ccc(Cl)s3)c(CCCCC(=O)O)c(C)nn12. The minimum atomic E-state index is -0.741. The van der Waals surface area contributed by atoms with Crippen molar-refractivity contribution in [3.05, 3.63) is 45.6 Å². The highest BCUT2D eigenvalue weighted by Crippen LogP contribution is 2.38. The lowest BCUT2D eigenvalue weighted by Crippen LogP contribution is -2.06. The largest absolute Gasteiger partial charge is 0.481 e. The molecule has 3 heterocycles. The van der Waals surface area contributed by atoms with Crippen LogP contribution in [0.2, 0.25) is 4.34 Å². The molecule has 0 fully saturated rings. The van der Waals surface area contributed by atoms with E-state index in [2.05, 4.69) is 25.1 Å². The van der Waals surface area contributed by atoms with Gasteiger partial charge in [0.1, 0.15) is 0 Å². The third-order valence-corrected chi connectivity index (χ3v) is 5.68. The Morgan fingerprint density at radius 1 is 1.28 bits per heavy atom. The minimum Gasteiger partial charge on any atom is -0.481 e. The van der Waals surface area contributed by atoms with E-state index in [0.717, 1.165) is 39.7 Å². The smallest absolute Gasteiger partial charge is 0.303 e. The Labute approximate surface area is 156 Å². The number of aromatic nitrogens is 2. The summed E-state index contributed by atoms with van der Waals surface area (Å²) in [5.74, 6) is -0.741. The number of carboxylic acids is 1. The fourth-order valence-corrected chi connectivity index (χ4v) is 4.32. The molecule has 3 rings (SSSR count). The molecule has 0 spiro atoms. The lowest BCUT2D eigenvalue weighted by Gasteiger charge is -2.14. The zero-order chi connectivity index (χ0) is 18.0. The molecule has 0 aromatic carbocycles. The summed E-state index contributed by atoms with van der Waals surface area (Å²) in [7, 11) is 0. The van der Waals surface area contributed by atoms with E-state index in [1.807, 2.05) is 17.5 Å². The van der Waals surface area contributed by atoms with Gasteiger partial charge < -0.3 is 5.11 Å². The summed E-state index contributed by atoms with van der Waals surface area (Å²) in [4.78, 5) is 11.9. The van der Waals surface area contributed by atoms with Crippen LogP contribution in [0, 0.1) is 6.92 Å². The maximum Gasteiger partial charge on any atom is 0.303 e. The molecular formula is C19H21ClN2O2S. The van der Waals surface area contributed by atoms with E-state index in [1.54, 1.807) is 11.3 Å². The average Bonchev–Trinajstić information content (AvgIpc) is 3.17. The fourth-order valence-electron chi connectivity index (χ4n) is 3.20. The Kier molecular flexibility index (Phi) is 5.45. The summed E-state index contributed by atoms with van der Waals surface area (Å²) in [5.41, 5.74) is 5.64. The normalized spacial score (nSPS) is 11.3. The van der Waals surface area contributed by atoms with Gasteiger partial charge in [0, 0.05) is 22.6 Å². The number of carboxylic acid groups (broad SMARTS) is 1. The predicted molar refractivity (Wildman–Crippen MR) is 103 cm³/mol. The first kappa shape index (κ1) is 18.0. The highest BCUT2D eigenvalue weighted by molar-refractivity contribution is 7.19. The second-order valence-electron chi connectivity index (χ2n) is 6.12. The van der Waals surface area contributed by atoms with E-state index in [-0.39, 0.29) is 6.42 Å². The molecule has 6 heteroatoms. The monoisotopic (exact) mass is 376 g/mol. The van der Waals surface area contributed by atoms with Crippen molar-refractivity contribution in [1.29, 1.82) is 0 Å². The number of unbranched alkanes of at least 4 members (excludes halogenated alkanes) is 1. The lowest BCUT2D eigenvalue weighted by atomic mass is 9.99. The molecule has 0 aliphatic rings. The number of rotatable bonds is 7. The Morgan fingerprint density at radius 3 is 2.72 bits per heavy atom. The summed E-state index contributed by atoms with van der Waals surface area (Å²) < 4.78 is 2.79. The number of thiophene rings is 1. The number of hydrogen-bond donors (Lipinski definition) is 1. The Balaban J connectivity index is 2.07. The van der Waals surface area contributed by atoms with Gasteiger partial charge in [-0.2, -0.15) is 5.10 Å². The number of nitrogens with zero attached hydrogens (tertiary/aromatic N) is 2. The molecule has 3 aromatic rings. The van der Waals surface area contributed by atoms with Crippen LogP contribution in [0.4, 0.5) is 0 Å². The van der Waals surface area contributed by atoms with Gasteiger partial charge in [0.2, 0.25) is 0 Å². The summed E-state index contributed by atoms with van der Waals surface area (Å²) in [6.07, 6.45) is 3.45. The third kappa shape index (κ3) is 3.72. The first-order valence-electron chi connectivity index (χ1n) is 8.48. The van der Waals surface area contributed by atoms with E-state index >= 15 is 0 Å². The number of aliphatic carboxylic acids is 1. The van der Waals surface area contributed by atoms with Crippen LogP contribution in [0.5, 0.6) is 0 Å². The second-order valence-corrected chi connectivity index (χ2v) is 7.83. The summed E-state index contributed by atoms with van der Waals surface area (Å²) >= 11 is 7.75. The van der Waals surface area contributed by atoms with Crippen molar-refractivity contribution >= 4 is 34.4 Å². The maximum atomic E-state index is 10.8. The number of halogens is 1. The first-order valence-corrected chi connectivity index (χ1v) is 9.68. The molecule has 0 atom stereocenters. The zero-order valence-corrected chi connectivity index (χ0v) is 16.0. The van der Waals surface area contributed by atoms with Gasteiger partial charge in [-0.25, -0.2) is 4.52 Å². The van der Waals surface area contributed by atoms with Gasteiger partial charge in [-0.1, -0.05) is 18.5 Å². The van der Waals surface area contributed by atoms with Gasteiger partial charge >= 0.3 is 5.97 Å². The third-order valence-electron chi connectivity index (χ3n) is 4.43. The molecule has 0 saturated carbocycles. The van der Waals surface area contributed by atoms with Crippen LogP contribution in [0.15, 0.2) is 24.3 Å². The number of carbonyl (C=O) groups is 1. The molecule has 1 N–H and O–H groups in total. The molecule has 4 nitrogen and oxygen atoms in total. The fraction of sp³-hybridized carbons (Fsp3) is 0.368. The van der Waals surface area contributed by atoms with Gasteiger partial charge in [-0.3, -0.25) is 4.79 Å². The minimum absolute atomic E-state index is 0.208. The van der Waals surface area contributed by atoms with E-state index in [9.17, 15) is 4.79 Å². The van der Waals surface area contributed by atoms with Crippen LogP contribution in [0.1, 0.15) is 43.1 Å². The summed E-state index contributed by atoms with van der Waals surface area (Å²) in [6.45, 7) is 4.16. The van der Waals surface area contributed by atoms with Crippen molar-refractivity contribution in [3.8, 4) is 10.4 Å². The maximum absolute atomic E-state index is 10.8. The van der Waals surface area contributed by atoms with Crippen molar-refractivity contribution in [3.63, 3.8) is 0 Å².